The van der Waals surface area contributed by atoms with Crippen molar-refractivity contribution in [3.8, 4) is 0 Å². The molecule has 1 aromatic heterocycles. The predicted octanol–water partition coefficient (Wildman–Crippen LogP) is -0.735. The van der Waals surface area contributed by atoms with Gasteiger partial charge in [0.05, 0.1) is 0 Å². The number of aromatic nitrogens is 1. The summed E-state index contributed by atoms with van der Waals surface area (Å²) < 4.78 is 1.47. The maximum atomic E-state index is 10.5. The minimum atomic E-state index is -0.0264. The van der Waals surface area contributed by atoms with Crippen molar-refractivity contribution in [2.45, 2.75) is 0 Å². The first-order valence-corrected chi connectivity index (χ1v) is 2.48. The molecule has 0 unspecified atom stereocenters. The highest BCUT2D eigenvalue weighted by Gasteiger charge is 1.80. The highest BCUT2D eigenvalue weighted by Crippen LogP contribution is 1.73. The zero-order valence-electron chi connectivity index (χ0n) is 4.74. The number of pyridine rings is 1. The highest BCUT2D eigenvalue weighted by atomic mass is 16.1. The van der Waals surface area contributed by atoms with Crippen molar-refractivity contribution in [2.24, 2.45) is 5.84 Å². The van der Waals surface area contributed by atoms with Crippen molar-refractivity contribution >= 4 is 0 Å². The minimum Gasteiger partial charge on any atom is -0.290 e. The monoisotopic (exact) mass is 125 g/mol. The van der Waals surface area contributed by atoms with Crippen LogP contribution in [0.2, 0.25) is 0 Å². The first-order chi connectivity index (χ1) is 4.33. The molecule has 0 aliphatic heterocycles. The third kappa shape index (κ3) is 1.30. The van der Waals surface area contributed by atoms with Crippen LogP contribution < -0.4 is 16.8 Å². The van der Waals surface area contributed by atoms with Gasteiger partial charge in [-0.25, -0.2) is 5.84 Å². The fraction of sp³-hybridized carbons (Fsp3) is 0. The smallest absolute Gasteiger partial charge is 0.181 e. The Hall–Kier alpha value is -1.29. The Morgan fingerprint density at radius 2 is 2.00 bits per heavy atom. The lowest BCUT2D eigenvalue weighted by molar-refractivity contribution is 0.868. The quantitative estimate of drug-likeness (QED) is 0.384. The van der Waals surface area contributed by atoms with Gasteiger partial charge < -0.3 is 0 Å². The van der Waals surface area contributed by atoms with E-state index in [0.717, 1.165) is 0 Å². The third-order valence-corrected chi connectivity index (χ3v) is 0.948. The van der Waals surface area contributed by atoms with Gasteiger partial charge in [0.2, 0.25) is 0 Å². The largest absolute Gasteiger partial charge is 0.290 e. The first-order valence-electron chi connectivity index (χ1n) is 2.48. The SMILES string of the molecule is NNn1ccc(=O)cc1. The fourth-order valence-electron chi connectivity index (χ4n) is 0.499. The molecule has 0 aliphatic carbocycles. The van der Waals surface area contributed by atoms with E-state index in [1.807, 2.05) is 0 Å². The van der Waals surface area contributed by atoms with Crippen LogP contribution in [0.3, 0.4) is 0 Å². The highest BCUT2D eigenvalue weighted by molar-refractivity contribution is 4.94. The number of nitrogens with zero attached hydrogens (tertiary/aromatic N) is 1. The molecule has 3 N–H and O–H groups in total. The van der Waals surface area contributed by atoms with Gasteiger partial charge in [-0.2, -0.15) is 0 Å². The van der Waals surface area contributed by atoms with E-state index in [0.29, 0.717) is 0 Å². The van der Waals surface area contributed by atoms with Crippen molar-refractivity contribution in [3.05, 3.63) is 34.7 Å². The van der Waals surface area contributed by atoms with Crippen LogP contribution in [0, 0.1) is 0 Å². The number of hydrazine groups is 1. The summed E-state index contributed by atoms with van der Waals surface area (Å²) in [6, 6.07) is 2.83. The summed E-state index contributed by atoms with van der Waals surface area (Å²) in [6.45, 7) is 0. The van der Waals surface area contributed by atoms with Crippen molar-refractivity contribution in [1.29, 1.82) is 0 Å². The summed E-state index contributed by atoms with van der Waals surface area (Å²) in [7, 11) is 0. The zero-order chi connectivity index (χ0) is 6.69. The van der Waals surface area contributed by atoms with Gasteiger partial charge in [0, 0.05) is 24.5 Å². The van der Waals surface area contributed by atoms with Gasteiger partial charge >= 0.3 is 0 Å². The molecule has 1 heterocycles. The molecular formula is C5H7N3O. The molecular weight excluding hydrogens is 118 g/mol. The van der Waals surface area contributed by atoms with Crippen LogP contribution in [0.1, 0.15) is 0 Å². The lowest BCUT2D eigenvalue weighted by Gasteiger charge is -2.00. The molecule has 1 aromatic rings. The predicted molar refractivity (Wildman–Crippen MR) is 34.3 cm³/mol. The van der Waals surface area contributed by atoms with Crippen LogP contribution in [0.4, 0.5) is 0 Å². The standard InChI is InChI=1S/C5H7N3O/c6-7-8-3-1-5(9)2-4-8/h1-4,7H,6H2. The molecule has 0 fully saturated rings. The Balaban J connectivity index is 3.02. The number of hydrogen-bond acceptors (Lipinski definition) is 3. The number of nitrogen functional groups attached to an aromatic ring is 1. The van der Waals surface area contributed by atoms with Crippen molar-refractivity contribution in [1.82, 2.24) is 4.68 Å². The summed E-state index contributed by atoms with van der Waals surface area (Å²) in [5.74, 6) is 5.01. The number of nitrogens with one attached hydrogen (secondary N) is 1. The molecule has 0 aromatic carbocycles. The molecule has 0 radical (unpaired) electrons. The summed E-state index contributed by atoms with van der Waals surface area (Å²) in [5, 5.41) is 0. The molecule has 0 saturated heterocycles. The lowest BCUT2D eigenvalue weighted by atomic mass is 10.5. The van der Waals surface area contributed by atoms with E-state index >= 15 is 0 Å². The minimum absolute atomic E-state index is 0.0264. The Morgan fingerprint density at radius 3 is 2.44 bits per heavy atom. The summed E-state index contributed by atoms with van der Waals surface area (Å²) in [6.07, 6.45) is 3.09. The van der Waals surface area contributed by atoms with Gasteiger partial charge in [-0.3, -0.25) is 15.0 Å². The topological polar surface area (TPSA) is 60.0 Å². The molecule has 1 rings (SSSR count). The van der Waals surface area contributed by atoms with Gasteiger partial charge in [-0.05, 0) is 0 Å². The molecule has 0 saturated carbocycles. The first kappa shape index (κ1) is 5.84. The summed E-state index contributed by atoms with van der Waals surface area (Å²) in [5.41, 5.74) is 2.31. The van der Waals surface area contributed by atoms with Crippen molar-refractivity contribution in [3.63, 3.8) is 0 Å². The Bertz CT molecular complexity index is 222. The van der Waals surface area contributed by atoms with Gasteiger partial charge in [-0.1, -0.05) is 0 Å². The molecule has 4 heteroatoms. The molecule has 0 amide bonds. The average Bonchev–Trinajstić information content (AvgIpc) is 1.90. The van der Waals surface area contributed by atoms with E-state index in [-0.39, 0.29) is 5.43 Å². The summed E-state index contributed by atoms with van der Waals surface area (Å²) in [4.78, 5) is 10.5. The zero-order valence-corrected chi connectivity index (χ0v) is 4.74. The van der Waals surface area contributed by atoms with E-state index < -0.39 is 0 Å². The number of rotatable bonds is 1. The third-order valence-electron chi connectivity index (χ3n) is 0.948. The van der Waals surface area contributed by atoms with Crippen LogP contribution in [-0.4, -0.2) is 4.68 Å². The number of nitrogens with two attached hydrogens (primary N) is 1. The van der Waals surface area contributed by atoms with E-state index in [4.69, 9.17) is 5.84 Å². The van der Waals surface area contributed by atoms with Crippen LogP contribution in [0.25, 0.3) is 0 Å². The second-order valence-electron chi connectivity index (χ2n) is 1.57. The summed E-state index contributed by atoms with van der Waals surface area (Å²) >= 11 is 0. The Labute approximate surface area is 51.9 Å². The Morgan fingerprint density at radius 1 is 1.44 bits per heavy atom. The van der Waals surface area contributed by atoms with Gasteiger partial charge in [-0.15, -0.1) is 0 Å². The molecule has 4 nitrogen and oxygen atoms in total. The van der Waals surface area contributed by atoms with Crippen LogP contribution in [-0.2, 0) is 0 Å². The van der Waals surface area contributed by atoms with E-state index in [9.17, 15) is 4.79 Å². The average molecular weight is 125 g/mol. The van der Waals surface area contributed by atoms with Crippen molar-refractivity contribution in [2.75, 3.05) is 5.53 Å². The Kier molecular flexibility index (Phi) is 1.51. The normalized spacial score (nSPS) is 9.00. The lowest BCUT2D eigenvalue weighted by Crippen LogP contribution is -2.21. The maximum Gasteiger partial charge on any atom is 0.181 e. The van der Waals surface area contributed by atoms with E-state index in [1.54, 1.807) is 12.4 Å². The van der Waals surface area contributed by atoms with Crippen LogP contribution >= 0.6 is 0 Å². The van der Waals surface area contributed by atoms with Gasteiger partial charge in [0.15, 0.2) is 5.43 Å². The van der Waals surface area contributed by atoms with E-state index in [2.05, 4.69) is 5.53 Å². The molecule has 0 spiro atoms. The second-order valence-corrected chi connectivity index (χ2v) is 1.57. The molecule has 0 aliphatic rings. The maximum absolute atomic E-state index is 10.5. The van der Waals surface area contributed by atoms with Gasteiger partial charge in [0.1, 0.15) is 0 Å². The fourth-order valence-corrected chi connectivity index (χ4v) is 0.499. The molecule has 9 heavy (non-hydrogen) atoms. The van der Waals surface area contributed by atoms with Crippen LogP contribution in [0.5, 0.6) is 0 Å². The molecule has 0 bridgehead atoms. The number of hydrogen-bond donors (Lipinski definition) is 2. The van der Waals surface area contributed by atoms with E-state index in [1.165, 1.54) is 16.8 Å². The second kappa shape index (κ2) is 2.32. The molecule has 48 valence electrons. The van der Waals surface area contributed by atoms with Crippen LogP contribution in [0.15, 0.2) is 29.3 Å². The molecule has 0 atom stereocenters. The van der Waals surface area contributed by atoms with Gasteiger partial charge in [0.25, 0.3) is 0 Å². The van der Waals surface area contributed by atoms with Crippen molar-refractivity contribution < 1.29 is 0 Å².